The number of esters is 1. The van der Waals surface area contributed by atoms with Gasteiger partial charge in [0.15, 0.2) is 5.75 Å². The predicted molar refractivity (Wildman–Crippen MR) is 75.3 cm³/mol. The van der Waals surface area contributed by atoms with E-state index in [0.29, 0.717) is 11.4 Å². The SMILES string of the molecule is O=C(CCC1CCCO1)Oc1c(Cl)cc(Cl)cc1Cl. The summed E-state index contributed by atoms with van der Waals surface area (Å²) in [6.45, 7) is 0.772. The molecule has 0 N–H and O–H groups in total. The van der Waals surface area contributed by atoms with Crippen molar-refractivity contribution in [3.05, 3.63) is 27.2 Å². The van der Waals surface area contributed by atoms with Gasteiger partial charge in [0.25, 0.3) is 0 Å². The quantitative estimate of drug-likeness (QED) is 0.604. The highest BCUT2D eigenvalue weighted by Crippen LogP contribution is 2.36. The highest BCUT2D eigenvalue weighted by Gasteiger charge is 2.19. The second-order valence-electron chi connectivity index (χ2n) is 4.35. The Hall–Kier alpha value is -0.480. The molecule has 2 rings (SSSR count). The van der Waals surface area contributed by atoms with Crippen molar-refractivity contribution in [2.45, 2.75) is 31.8 Å². The van der Waals surface area contributed by atoms with Crippen LogP contribution in [0.15, 0.2) is 12.1 Å². The lowest BCUT2D eigenvalue weighted by molar-refractivity contribution is -0.135. The third-order valence-electron chi connectivity index (χ3n) is 2.87. The lowest BCUT2D eigenvalue weighted by Gasteiger charge is -2.10. The van der Waals surface area contributed by atoms with E-state index in [1.165, 1.54) is 12.1 Å². The number of halogens is 3. The Balaban J connectivity index is 1.91. The summed E-state index contributed by atoms with van der Waals surface area (Å²) in [5, 5.41) is 0.847. The van der Waals surface area contributed by atoms with E-state index in [2.05, 4.69) is 0 Å². The number of carbonyl (C=O) groups excluding carboxylic acids is 1. The topological polar surface area (TPSA) is 35.5 Å². The first-order valence-corrected chi connectivity index (χ1v) is 7.16. The third kappa shape index (κ3) is 4.25. The van der Waals surface area contributed by atoms with Crippen LogP contribution in [0.5, 0.6) is 5.75 Å². The minimum Gasteiger partial charge on any atom is -0.423 e. The summed E-state index contributed by atoms with van der Waals surface area (Å²) < 4.78 is 10.6. The van der Waals surface area contributed by atoms with E-state index >= 15 is 0 Å². The van der Waals surface area contributed by atoms with Crippen LogP contribution >= 0.6 is 34.8 Å². The second-order valence-corrected chi connectivity index (χ2v) is 5.60. The molecule has 1 saturated heterocycles. The first-order chi connectivity index (χ1) is 9.06. The van der Waals surface area contributed by atoms with E-state index in [9.17, 15) is 4.79 Å². The molecule has 0 amide bonds. The van der Waals surface area contributed by atoms with Crippen LogP contribution in [0.1, 0.15) is 25.7 Å². The maximum atomic E-state index is 11.7. The Morgan fingerprint density at radius 2 is 2.00 bits per heavy atom. The van der Waals surface area contributed by atoms with Crippen LogP contribution in [0.3, 0.4) is 0 Å². The molecule has 0 radical (unpaired) electrons. The maximum absolute atomic E-state index is 11.7. The van der Waals surface area contributed by atoms with Crippen LogP contribution in [-0.4, -0.2) is 18.7 Å². The summed E-state index contributed by atoms with van der Waals surface area (Å²) in [6, 6.07) is 2.97. The van der Waals surface area contributed by atoms with Gasteiger partial charge >= 0.3 is 5.97 Å². The number of benzene rings is 1. The molecule has 1 aliphatic rings. The monoisotopic (exact) mass is 322 g/mol. The number of rotatable bonds is 4. The summed E-state index contributed by atoms with van der Waals surface area (Å²) in [5.41, 5.74) is 0. The van der Waals surface area contributed by atoms with Gasteiger partial charge in [-0.15, -0.1) is 0 Å². The normalized spacial score (nSPS) is 18.6. The average molecular weight is 324 g/mol. The van der Waals surface area contributed by atoms with Crippen molar-refractivity contribution in [2.75, 3.05) is 6.61 Å². The summed E-state index contributed by atoms with van der Waals surface area (Å²) in [6.07, 6.45) is 3.13. The van der Waals surface area contributed by atoms with Crippen LogP contribution in [0.2, 0.25) is 15.1 Å². The Labute approximate surface area is 126 Å². The van der Waals surface area contributed by atoms with Gasteiger partial charge in [0.2, 0.25) is 0 Å². The summed E-state index contributed by atoms with van der Waals surface area (Å²) in [5.74, 6) is -0.216. The largest absolute Gasteiger partial charge is 0.423 e. The van der Waals surface area contributed by atoms with E-state index in [0.717, 1.165) is 19.4 Å². The molecule has 19 heavy (non-hydrogen) atoms. The molecule has 0 bridgehead atoms. The van der Waals surface area contributed by atoms with Gasteiger partial charge in [0, 0.05) is 18.1 Å². The Kier molecular flexibility index (Phi) is 5.34. The maximum Gasteiger partial charge on any atom is 0.311 e. The number of hydrogen-bond acceptors (Lipinski definition) is 3. The van der Waals surface area contributed by atoms with Crippen molar-refractivity contribution < 1.29 is 14.3 Å². The van der Waals surface area contributed by atoms with Crippen molar-refractivity contribution in [1.82, 2.24) is 0 Å². The molecule has 1 fully saturated rings. The Bertz CT molecular complexity index is 447. The second kappa shape index (κ2) is 6.80. The molecule has 1 heterocycles. The lowest BCUT2D eigenvalue weighted by atomic mass is 10.1. The molecule has 1 unspecified atom stereocenters. The van der Waals surface area contributed by atoms with Crippen molar-refractivity contribution in [3.8, 4) is 5.75 Å². The minimum atomic E-state index is -0.373. The van der Waals surface area contributed by atoms with Crippen LogP contribution in [0.25, 0.3) is 0 Å². The van der Waals surface area contributed by atoms with E-state index in [1.807, 2.05) is 0 Å². The Morgan fingerprint density at radius 1 is 1.32 bits per heavy atom. The van der Waals surface area contributed by atoms with E-state index in [1.54, 1.807) is 0 Å². The molecular formula is C13H13Cl3O3. The zero-order valence-corrected chi connectivity index (χ0v) is 12.4. The molecule has 0 saturated carbocycles. The predicted octanol–water partition coefficient (Wildman–Crippen LogP) is 4.51. The molecule has 104 valence electrons. The van der Waals surface area contributed by atoms with E-state index in [4.69, 9.17) is 44.3 Å². The number of carbonyl (C=O) groups is 1. The molecule has 1 aromatic carbocycles. The fourth-order valence-corrected chi connectivity index (χ4v) is 2.84. The first kappa shape index (κ1) is 14.9. The average Bonchev–Trinajstić information content (AvgIpc) is 2.84. The number of ether oxygens (including phenoxy) is 2. The van der Waals surface area contributed by atoms with Gasteiger partial charge in [0.1, 0.15) is 0 Å². The van der Waals surface area contributed by atoms with Gasteiger partial charge in [-0.05, 0) is 31.4 Å². The van der Waals surface area contributed by atoms with Gasteiger partial charge in [-0.1, -0.05) is 34.8 Å². The summed E-state index contributed by atoms with van der Waals surface area (Å²) in [7, 11) is 0. The van der Waals surface area contributed by atoms with Gasteiger partial charge in [-0.3, -0.25) is 4.79 Å². The number of hydrogen-bond donors (Lipinski definition) is 0. The van der Waals surface area contributed by atoms with Crippen LogP contribution < -0.4 is 4.74 Å². The van der Waals surface area contributed by atoms with Gasteiger partial charge in [-0.25, -0.2) is 0 Å². The van der Waals surface area contributed by atoms with Gasteiger partial charge < -0.3 is 9.47 Å². The fraction of sp³-hybridized carbons (Fsp3) is 0.462. The van der Waals surface area contributed by atoms with Crippen LogP contribution in [0.4, 0.5) is 0 Å². The first-order valence-electron chi connectivity index (χ1n) is 6.03. The zero-order chi connectivity index (χ0) is 13.8. The van der Waals surface area contributed by atoms with Crippen LogP contribution in [0, 0.1) is 0 Å². The molecule has 0 aromatic heterocycles. The minimum absolute atomic E-state index is 0.156. The lowest BCUT2D eigenvalue weighted by Crippen LogP contribution is -2.13. The highest BCUT2D eigenvalue weighted by atomic mass is 35.5. The van der Waals surface area contributed by atoms with Crippen molar-refractivity contribution in [1.29, 1.82) is 0 Å². The molecule has 0 aliphatic carbocycles. The third-order valence-corrected chi connectivity index (χ3v) is 3.65. The molecule has 1 aromatic rings. The molecule has 1 aliphatic heterocycles. The smallest absolute Gasteiger partial charge is 0.311 e. The molecule has 3 nitrogen and oxygen atoms in total. The van der Waals surface area contributed by atoms with E-state index in [-0.39, 0.29) is 34.3 Å². The van der Waals surface area contributed by atoms with Crippen LogP contribution in [-0.2, 0) is 9.53 Å². The zero-order valence-electron chi connectivity index (χ0n) is 10.1. The molecule has 6 heteroatoms. The Morgan fingerprint density at radius 3 is 2.58 bits per heavy atom. The van der Waals surface area contributed by atoms with Crippen molar-refractivity contribution >= 4 is 40.8 Å². The summed E-state index contributed by atoms with van der Waals surface area (Å²) in [4.78, 5) is 11.7. The standard InChI is InChI=1S/C13H13Cl3O3/c14-8-6-10(15)13(11(16)7-8)19-12(17)4-3-9-2-1-5-18-9/h6-7,9H,1-5H2. The molecule has 1 atom stereocenters. The summed E-state index contributed by atoms with van der Waals surface area (Å²) >= 11 is 17.7. The van der Waals surface area contributed by atoms with Gasteiger partial charge in [0.05, 0.1) is 16.1 Å². The fourth-order valence-electron chi connectivity index (χ4n) is 1.94. The van der Waals surface area contributed by atoms with Crippen molar-refractivity contribution in [2.24, 2.45) is 0 Å². The van der Waals surface area contributed by atoms with Crippen molar-refractivity contribution in [3.63, 3.8) is 0 Å². The van der Waals surface area contributed by atoms with Gasteiger partial charge in [-0.2, -0.15) is 0 Å². The molecule has 0 spiro atoms. The van der Waals surface area contributed by atoms with E-state index < -0.39 is 0 Å². The highest BCUT2D eigenvalue weighted by molar-refractivity contribution is 6.40. The molecular weight excluding hydrogens is 310 g/mol.